The molecule has 0 radical (unpaired) electrons. The molecule has 0 aliphatic heterocycles. The minimum absolute atomic E-state index is 1.08. The zero-order valence-electron chi connectivity index (χ0n) is 8.51. The Bertz CT molecular complexity index is 194. The van der Waals surface area contributed by atoms with E-state index in [1.165, 1.54) is 25.8 Å². The van der Waals surface area contributed by atoms with Crippen LogP contribution in [0.2, 0.25) is 0 Å². The number of hydrogen-bond acceptors (Lipinski definition) is 0. The van der Waals surface area contributed by atoms with Crippen LogP contribution in [0.15, 0.2) is 23.8 Å². The van der Waals surface area contributed by atoms with Crippen LogP contribution in [-0.2, 0) is 0 Å². The van der Waals surface area contributed by atoms with Crippen LogP contribution in [-0.4, -0.2) is 32.2 Å². The van der Waals surface area contributed by atoms with E-state index < -0.39 is 0 Å². The Morgan fingerprint density at radius 1 is 1.33 bits per heavy atom. The van der Waals surface area contributed by atoms with Crippen molar-refractivity contribution in [3.05, 3.63) is 23.8 Å². The summed E-state index contributed by atoms with van der Waals surface area (Å²) >= 11 is 0. The quantitative estimate of drug-likeness (QED) is 0.562. The van der Waals surface area contributed by atoms with E-state index in [-0.39, 0.29) is 0 Å². The highest BCUT2D eigenvalue weighted by Crippen LogP contribution is 2.16. The Labute approximate surface area is 76.0 Å². The summed E-state index contributed by atoms with van der Waals surface area (Å²) in [6.07, 6.45) is 10.5. The number of hydrogen-bond donors (Lipinski definition) is 0. The molecule has 0 bridgehead atoms. The molecule has 1 aliphatic rings. The van der Waals surface area contributed by atoms with Gasteiger partial charge in [0.1, 0.15) is 0 Å². The lowest BCUT2D eigenvalue weighted by molar-refractivity contribution is -0.870. The van der Waals surface area contributed by atoms with Gasteiger partial charge in [0, 0.05) is 6.42 Å². The normalized spacial score (nSPS) is 16.8. The molecule has 0 unspecified atom stereocenters. The lowest BCUT2D eigenvalue weighted by atomic mass is 10.1. The van der Waals surface area contributed by atoms with E-state index in [4.69, 9.17) is 0 Å². The van der Waals surface area contributed by atoms with E-state index >= 15 is 0 Å². The van der Waals surface area contributed by atoms with Gasteiger partial charge in [0.05, 0.1) is 27.7 Å². The van der Waals surface area contributed by atoms with Crippen LogP contribution in [0.5, 0.6) is 0 Å². The van der Waals surface area contributed by atoms with Gasteiger partial charge in [-0.1, -0.05) is 23.8 Å². The number of allylic oxidation sites excluding steroid dienone is 4. The van der Waals surface area contributed by atoms with Crippen LogP contribution in [0.1, 0.15) is 19.3 Å². The second kappa shape index (κ2) is 3.90. The van der Waals surface area contributed by atoms with Crippen LogP contribution in [0.25, 0.3) is 0 Å². The minimum Gasteiger partial charge on any atom is -0.331 e. The van der Waals surface area contributed by atoms with Crippen molar-refractivity contribution in [1.29, 1.82) is 0 Å². The molecule has 0 saturated carbocycles. The maximum absolute atomic E-state index is 2.26. The average Bonchev–Trinajstić information content (AvgIpc) is 2.36. The van der Waals surface area contributed by atoms with Crippen LogP contribution < -0.4 is 0 Å². The number of rotatable bonds is 4. The van der Waals surface area contributed by atoms with Crippen molar-refractivity contribution in [3.63, 3.8) is 0 Å². The van der Waals surface area contributed by atoms with E-state index in [1.54, 1.807) is 5.57 Å². The van der Waals surface area contributed by atoms with Crippen molar-refractivity contribution in [2.24, 2.45) is 0 Å². The smallest absolute Gasteiger partial charge is 0.0783 e. The predicted molar refractivity (Wildman–Crippen MR) is 54.0 cm³/mol. The first kappa shape index (κ1) is 9.53. The largest absolute Gasteiger partial charge is 0.331 e. The maximum atomic E-state index is 2.26. The van der Waals surface area contributed by atoms with Gasteiger partial charge < -0.3 is 4.48 Å². The molecular weight excluding hydrogens is 146 g/mol. The zero-order valence-corrected chi connectivity index (χ0v) is 8.51. The molecule has 0 amide bonds. The third kappa shape index (κ3) is 3.72. The Morgan fingerprint density at radius 2 is 2.08 bits per heavy atom. The highest BCUT2D eigenvalue weighted by molar-refractivity contribution is 5.22. The predicted octanol–water partition coefficient (Wildman–Crippen LogP) is 2.36. The lowest BCUT2D eigenvalue weighted by Crippen LogP contribution is -2.35. The fourth-order valence-electron chi connectivity index (χ4n) is 1.46. The van der Waals surface area contributed by atoms with Crippen molar-refractivity contribution in [1.82, 2.24) is 0 Å². The summed E-state index contributed by atoms with van der Waals surface area (Å²) in [5.74, 6) is 0. The number of quaternary nitrogens is 1. The van der Waals surface area contributed by atoms with Gasteiger partial charge in [0.25, 0.3) is 0 Å². The van der Waals surface area contributed by atoms with Gasteiger partial charge in [-0.3, -0.25) is 0 Å². The van der Waals surface area contributed by atoms with Crippen LogP contribution in [0.3, 0.4) is 0 Å². The molecule has 0 spiro atoms. The molecule has 0 aromatic rings. The summed E-state index contributed by atoms with van der Waals surface area (Å²) in [6, 6.07) is 0. The summed E-state index contributed by atoms with van der Waals surface area (Å²) in [5.41, 5.74) is 1.60. The van der Waals surface area contributed by atoms with Crippen molar-refractivity contribution < 1.29 is 4.48 Å². The topological polar surface area (TPSA) is 0 Å². The van der Waals surface area contributed by atoms with Crippen LogP contribution >= 0.6 is 0 Å². The standard InChI is InChI=1S/C11H20N/c1-12(2,3)10-6-9-11-7-4-5-8-11/h4-5,7H,6,8-10H2,1-3H3/q+1. The maximum Gasteiger partial charge on any atom is 0.0783 e. The molecule has 1 nitrogen and oxygen atoms in total. The van der Waals surface area contributed by atoms with E-state index in [0.717, 1.165) is 4.48 Å². The van der Waals surface area contributed by atoms with Crippen molar-refractivity contribution in [2.45, 2.75) is 19.3 Å². The van der Waals surface area contributed by atoms with Gasteiger partial charge in [0.15, 0.2) is 0 Å². The molecule has 0 saturated heterocycles. The third-order valence-corrected chi connectivity index (χ3v) is 2.17. The minimum atomic E-state index is 1.08. The molecule has 0 N–H and O–H groups in total. The van der Waals surface area contributed by atoms with Crippen molar-refractivity contribution >= 4 is 0 Å². The van der Waals surface area contributed by atoms with E-state index in [9.17, 15) is 0 Å². The van der Waals surface area contributed by atoms with Gasteiger partial charge in [0.2, 0.25) is 0 Å². The van der Waals surface area contributed by atoms with E-state index in [1.807, 2.05) is 0 Å². The van der Waals surface area contributed by atoms with E-state index in [0.29, 0.717) is 0 Å². The molecule has 1 rings (SSSR count). The summed E-state index contributed by atoms with van der Waals surface area (Å²) in [4.78, 5) is 0. The Hall–Kier alpha value is -0.560. The Balaban J connectivity index is 2.11. The SMILES string of the molecule is C[N+](C)(C)CCCC1=CC=CC1. The summed E-state index contributed by atoms with van der Waals surface area (Å²) in [5, 5.41) is 0. The van der Waals surface area contributed by atoms with E-state index in [2.05, 4.69) is 39.4 Å². The number of nitrogens with zero attached hydrogens (tertiary/aromatic N) is 1. The molecule has 68 valence electrons. The average molecular weight is 166 g/mol. The van der Waals surface area contributed by atoms with Gasteiger partial charge in [-0.25, -0.2) is 0 Å². The molecule has 0 fully saturated rings. The fraction of sp³-hybridized carbons (Fsp3) is 0.636. The van der Waals surface area contributed by atoms with Crippen LogP contribution in [0, 0.1) is 0 Å². The second-order valence-corrected chi connectivity index (χ2v) is 4.57. The molecule has 1 aliphatic carbocycles. The van der Waals surface area contributed by atoms with Crippen molar-refractivity contribution in [2.75, 3.05) is 27.7 Å². The Morgan fingerprint density at radius 3 is 2.58 bits per heavy atom. The molecule has 1 heteroatoms. The van der Waals surface area contributed by atoms with Crippen LogP contribution in [0.4, 0.5) is 0 Å². The molecule has 0 heterocycles. The molecular formula is C11H20N+. The fourth-order valence-corrected chi connectivity index (χ4v) is 1.46. The first-order valence-corrected chi connectivity index (χ1v) is 4.73. The summed E-state index contributed by atoms with van der Waals surface area (Å²) < 4.78 is 1.08. The first-order chi connectivity index (χ1) is 5.58. The highest BCUT2D eigenvalue weighted by atomic mass is 15.3. The molecule has 12 heavy (non-hydrogen) atoms. The van der Waals surface area contributed by atoms with Gasteiger partial charge in [-0.15, -0.1) is 0 Å². The summed E-state index contributed by atoms with van der Waals surface area (Å²) in [6.45, 7) is 1.28. The van der Waals surface area contributed by atoms with Gasteiger partial charge in [-0.05, 0) is 12.8 Å². The third-order valence-electron chi connectivity index (χ3n) is 2.17. The second-order valence-electron chi connectivity index (χ2n) is 4.57. The first-order valence-electron chi connectivity index (χ1n) is 4.73. The monoisotopic (exact) mass is 166 g/mol. The molecule has 0 aromatic heterocycles. The highest BCUT2D eigenvalue weighted by Gasteiger charge is 2.07. The Kier molecular flexibility index (Phi) is 3.10. The lowest BCUT2D eigenvalue weighted by Gasteiger charge is -2.23. The summed E-state index contributed by atoms with van der Waals surface area (Å²) in [7, 11) is 6.75. The van der Waals surface area contributed by atoms with Gasteiger partial charge >= 0.3 is 0 Å². The van der Waals surface area contributed by atoms with Gasteiger partial charge in [-0.2, -0.15) is 0 Å². The zero-order chi connectivity index (χ0) is 9.03. The molecule has 0 atom stereocenters. The molecule has 0 aromatic carbocycles. The van der Waals surface area contributed by atoms with Crippen molar-refractivity contribution in [3.8, 4) is 0 Å².